The lowest BCUT2D eigenvalue weighted by Crippen LogP contribution is -2.46. The molecule has 1 aromatic carbocycles. The average molecular weight is 348 g/mol. The van der Waals surface area contributed by atoms with Gasteiger partial charge in [-0.05, 0) is 29.8 Å². The minimum Gasteiger partial charge on any atom is -0.399 e. The number of halogens is 1. The number of nitrogens with zero attached hydrogens (tertiary/aromatic N) is 4. The second kappa shape index (κ2) is 6.41. The van der Waals surface area contributed by atoms with Crippen LogP contribution in [0.4, 0.5) is 11.6 Å². The van der Waals surface area contributed by atoms with Gasteiger partial charge in [0.05, 0.1) is 0 Å². The van der Waals surface area contributed by atoms with Crippen LogP contribution in [0.15, 0.2) is 41.1 Å². The van der Waals surface area contributed by atoms with Crippen LogP contribution in [0.25, 0.3) is 0 Å². The Morgan fingerprint density at radius 3 is 2.52 bits per heavy atom. The van der Waals surface area contributed by atoms with Crippen LogP contribution >= 0.6 is 15.9 Å². The van der Waals surface area contributed by atoms with E-state index < -0.39 is 0 Å². The Balaban J connectivity index is 1.60. The number of anilines is 2. The van der Waals surface area contributed by atoms with E-state index in [4.69, 9.17) is 5.73 Å². The van der Waals surface area contributed by atoms with E-state index in [9.17, 15) is 0 Å². The molecule has 1 aliphatic heterocycles. The maximum Gasteiger partial charge on any atom is 0.225 e. The second-order valence-electron chi connectivity index (χ2n) is 5.16. The Morgan fingerprint density at radius 1 is 1.10 bits per heavy atom. The highest BCUT2D eigenvalue weighted by atomic mass is 79.9. The number of hydrogen-bond donors (Lipinski definition) is 1. The zero-order valence-electron chi connectivity index (χ0n) is 11.7. The van der Waals surface area contributed by atoms with E-state index in [0.717, 1.165) is 48.8 Å². The molecule has 2 N–H and O–H groups in total. The van der Waals surface area contributed by atoms with Gasteiger partial charge in [0.15, 0.2) is 0 Å². The molecule has 21 heavy (non-hydrogen) atoms. The molecule has 0 radical (unpaired) electrons. The molecule has 0 spiro atoms. The smallest absolute Gasteiger partial charge is 0.225 e. The SMILES string of the molecule is Nc1ccc(Br)c(CN2CCN(c3ncccn3)CC2)c1. The highest BCUT2D eigenvalue weighted by Gasteiger charge is 2.19. The molecule has 5 nitrogen and oxygen atoms in total. The summed E-state index contributed by atoms with van der Waals surface area (Å²) in [4.78, 5) is 13.3. The lowest BCUT2D eigenvalue weighted by Gasteiger charge is -2.34. The lowest BCUT2D eigenvalue weighted by molar-refractivity contribution is 0.248. The zero-order chi connectivity index (χ0) is 14.7. The predicted octanol–water partition coefficient (Wildman–Crippen LogP) is 2.14. The van der Waals surface area contributed by atoms with Gasteiger partial charge in [0.2, 0.25) is 5.95 Å². The molecule has 0 amide bonds. The van der Waals surface area contributed by atoms with Crippen molar-refractivity contribution < 1.29 is 0 Å². The normalized spacial score (nSPS) is 16.1. The van der Waals surface area contributed by atoms with Gasteiger partial charge < -0.3 is 10.6 Å². The summed E-state index contributed by atoms with van der Waals surface area (Å²) in [6.45, 7) is 4.81. The third kappa shape index (κ3) is 3.51. The number of benzene rings is 1. The zero-order valence-corrected chi connectivity index (χ0v) is 13.3. The van der Waals surface area contributed by atoms with Crippen LogP contribution in [0.2, 0.25) is 0 Å². The fourth-order valence-corrected chi connectivity index (χ4v) is 2.89. The molecule has 3 rings (SSSR count). The molecule has 110 valence electrons. The Bertz CT molecular complexity index is 596. The number of piperazine rings is 1. The summed E-state index contributed by atoms with van der Waals surface area (Å²) in [5.41, 5.74) is 7.91. The second-order valence-corrected chi connectivity index (χ2v) is 6.02. The molecule has 0 atom stereocenters. The van der Waals surface area contributed by atoms with Gasteiger partial charge >= 0.3 is 0 Å². The van der Waals surface area contributed by atoms with Crippen LogP contribution in [0.5, 0.6) is 0 Å². The average Bonchev–Trinajstić information content (AvgIpc) is 2.53. The molecule has 0 saturated carbocycles. The maximum atomic E-state index is 5.87. The Morgan fingerprint density at radius 2 is 1.81 bits per heavy atom. The summed E-state index contributed by atoms with van der Waals surface area (Å²) in [6.07, 6.45) is 3.58. The van der Waals surface area contributed by atoms with Gasteiger partial charge in [-0.1, -0.05) is 15.9 Å². The Kier molecular flexibility index (Phi) is 4.36. The molecular weight excluding hydrogens is 330 g/mol. The molecule has 1 aliphatic rings. The van der Waals surface area contributed by atoms with Crippen LogP contribution in [0.1, 0.15) is 5.56 Å². The standard InChI is InChI=1S/C15H18BrN5/c16-14-3-2-13(17)10-12(14)11-20-6-8-21(9-7-20)15-18-4-1-5-19-15/h1-5,10H,6-9,11,17H2. The minimum atomic E-state index is 0.810. The van der Waals surface area contributed by atoms with Gasteiger partial charge in [0.25, 0.3) is 0 Å². The first-order valence-electron chi connectivity index (χ1n) is 7.00. The van der Waals surface area contributed by atoms with E-state index in [1.807, 2.05) is 24.3 Å². The molecule has 2 heterocycles. The predicted molar refractivity (Wildman–Crippen MR) is 88.1 cm³/mol. The van der Waals surface area contributed by atoms with Gasteiger partial charge in [0, 0.05) is 55.3 Å². The van der Waals surface area contributed by atoms with Crippen LogP contribution < -0.4 is 10.6 Å². The summed E-state index contributed by atoms with van der Waals surface area (Å²) < 4.78 is 1.12. The van der Waals surface area contributed by atoms with E-state index in [1.165, 1.54) is 5.56 Å². The van der Waals surface area contributed by atoms with Crippen molar-refractivity contribution >= 4 is 27.6 Å². The third-order valence-electron chi connectivity index (χ3n) is 3.67. The fourth-order valence-electron chi connectivity index (χ4n) is 2.52. The number of hydrogen-bond acceptors (Lipinski definition) is 5. The summed E-state index contributed by atoms with van der Waals surface area (Å²) in [5, 5.41) is 0. The lowest BCUT2D eigenvalue weighted by atomic mass is 10.2. The fraction of sp³-hybridized carbons (Fsp3) is 0.333. The molecule has 1 fully saturated rings. The Hall–Kier alpha value is -1.66. The summed E-state index contributed by atoms with van der Waals surface area (Å²) in [5.74, 6) is 0.822. The topological polar surface area (TPSA) is 58.3 Å². The van der Waals surface area contributed by atoms with Crippen LogP contribution in [0, 0.1) is 0 Å². The van der Waals surface area contributed by atoms with Gasteiger partial charge in [-0.15, -0.1) is 0 Å². The van der Waals surface area contributed by atoms with Gasteiger partial charge in [-0.2, -0.15) is 0 Å². The summed E-state index contributed by atoms with van der Waals surface area (Å²) in [6, 6.07) is 7.81. The molecule has 0 aliphatic carbocycles. The van der Waals surface area contributed by atoms with Crippen molar-refractivity contribution in [2.45, 2.75) is 6.54 Å². The highest BCUT2D eigenvalue weighted by molar-refractivity contribution is 9.10. The maximum absolute atomic E-state index is 5.87. The third-order valence-corrected chi connectivity index (χ3v) is 4.44. The number of rotatable bonds is 3. The summed E-state index contributed by atoms with van der Waals surface area (Å²) in [7, 11) is 0. The van der Waals surface area contributed by atoms with Crippen LogP contribution in [-0.2, 0) is 6.54 Å². The summed E-state index contributed by atoms with van der Waals surface area (Å²) >= 11 is 3.59. The minimum absolute atomic E-state index is 0.810. The largest absolute Gasteiger partial charge is 0.399 e. The number of nitrogens with two attached hydrogens (primary N) is 1. The van der Waals surface area contributed by atoms with Crippen molar-refractivity contribution in [1.29, 1.82) is 0 Å². The molecular formula is C15H18BrN5. The van der Waals surface area contributed by atoms with E-state index in [1.54, 1.807) is 12.4 Å². The number of nitrogen functional groups attached to an aromatic ring is 1. The van der Waals surface area contributed by atoms with Crippen molar-refractivity contribution in [1.82, 2.24) is 14.9 Å². The molecule has 0 bridgehead atoms. The van der Waals surface area contributed by atoms with Crippen molar-refractivity contribution in [3.8, 4) is 0 Å². The molecule has 0 unspecified atom stereocenters. The highest BCUT2D eigenvalue weighted by Crippen LogP contribution is 2.22. The van der Waals surface area contributed by atoms with Gasteiger partial charge in [-0.3, -0.25) is 4.90 Å². The van der Waals surface area contributed by atoms with Crippen LogP contribution in [-0.4, -0.2) is 41.0 Å². The van der Waals surface area contributed by atoms with Crippen molar-refractivity contribution in [2.24, 2.45) is 0 Å². The van der Waals surface area contributed by atoms with E-state index in [-0.39, 0.29) is 0 Å². The van der Waals surface area contributed by atoms with Crippen molar-refractivity contribution in [3.63, 3.8) is 0 Å². The van der Waals surface area contributed by atoms with E-state index in [0.29, 0.717) is 0 Å². The van der Waals surface area contributed by atoms with Crippen LogP contribution in [0.3, 0.4) is 0 Å². The quantitative estimate of drug-likeness (QED) is 0.862. The van der Waals surface area contributed by atoms with E-state index in [2.05, 4.69) is 35.7 Å². The van der Waals surface area contributed by atoms with E-state index >= 15 is 0 Å². The van der Waals surface area contributed by atoms with Crippen molar-refractivity contribution in [3.05, 3.63) is 46.7 Å². The molecule has 1 saturated heterocycles. The monoisotopic (exact) mass is 347 g/mol. The Labute approximate surface area is 132 Å². The molecule has 2 aromatic rings. The van der Waals surface area contributed by atoms with Gasteiger partial charge in [-0.25, -0.2) is 9.97 Å². The van der Waals surface area contributed by atoms with Gasteiger partial charge in [0.1, 0.15) is 0 Å². The first kappa shape index (κ1) is 14.3. The number of aromatic nitrogens is 2. The first-order valence-corrected chi connectivity index (χ1v) is 7.80. The molecule has 1 aromatic heterocycles. The van der Waals surface area contributed by atoms with Crippen molar-refractivity contribution in [2.75, 3.05) is 36.8 Å². The first-order chi connectivity index (χ1) is 10.2. The molecule has 6 heteroatoms.